The van der Waals surface area contributed by atoms with E-state index in [1.165, 1.54) is 20.2 Å². The van der Waals surface area contributed by atoms with Gasteiger partial charge in [-0.15, -0.1) is 0 Å². The molecule has 0 amide bonds. The predicted octanol–water partition coefficient (Wildman–Crippen LogP) is 0.346. The zero-order chi connectivity index (χ0) is 15.5. The van der Waals surface area contributed by atoms with Gasteiger partial charge in [0.25, 0.3) is 0 Å². The number of nitrogens with zero attached hydrogens (tertiary/aromatic N) is 1. The fraction of sp³-hybridized carbons (Fsp3) is 0.538. The number of sulfonamides is 1. The summed E-state index contributed by atoms with van der Waals surface area (Å²) in [4.78, 5) is 0.0957. The van der Waals surface area contributed by atoms with Gasteiger partial charge in [-0.25, -0.2) is 12.7 Å². The highest BCUT2D eigenvalue weighted by Crippen LogP contribution is 2.28. The maximum absolute atomic E-state index is 12.2. The van der Waals surface area contributed by atoms with Crippen LogP contribution in [-0.4, -0.2) is 59.3 Å². The topological polar surface area (TPSA) is 93.9 Å². The van der Waals surface area contributed by atoms with E-state index < -0.39 is 10.0 Å². The van der Waals surface area contributed by atoms with Crippen LogP contribution < -0.4 is 11.1 Å². The molecule has 1 aliphatic heterocycles. The van der Waals surface area contributed by atoms with E-state index in [4.69, 9.17) is 15.2 Å². The normalized spacial score (nSPS) is 19.7. The van der Waals surface area contributed by atoms with Gasteiger partial charge in [0, 0.05) is 20.6 Å². The SMILES string of the molecule is CN(C)S(=O)(=O)c1cccc(NCC2COCCO2)c1N. The van der Waals surface area contributed by atoms with E-state index in [1.807, 2.05) is 0 Å². The van der Waals surface area contributed by atoms with E-state index >= 15 is 0 Å². The molecule has 0 bridgehead atoms. The van der Waals surface area contributed by atoms with Crippen molar-refractivity contribution < 1.29 is 17.9 Å². The summed E-state index contributed by atoms with van der Waals surface area (Å²) in [6.07, 6.45) is -0.0627. The smallest absolute Gasteiger partial charge is 0.244 e. The standard InChI is InChI=1S/C13H21N3O4S/c1-16(2)21(17,18)12-5-3-4-11(13(12)14)15-8-10-9-19-6-7-20-10/h3-5,10,15H,6-9,14H2,1-2H3. The lowest BCUT2D eigenvalue weighted by atomic mass is 10.2. The van der Waals surface area contributed by atoms with Crippen LogP contribution in [0, 0.1) is 0 Å². The van der Waals surface area contributed by atoms with Crippen LogP contribution in [0.15, 0.2) is 23.1 Å². The van der Waals surface area contributed by atoms with Crippen LogP contribution in [-0.2, 0) is 19.5 Å². The summed E-state index contributed by atoms with van der Waals surface area (Å²) in [7, 11) is -0.612. The number of nitrogens with one attached hydrogen (secondary N) is 1. The van der Waals surface area contributed by atoms with Crippen LogP contribution in [0.25, 0.3) is 0 Å². The second kappa shape index (κ2) is 6.61. The van der Waals surface area contributed by atoms with Crippen LogP contribution >= 0.6 is 0 Å². The third kappa shape index (κ3) is 3.65. The Kier molecular flexibility index (Phi) is 5.04. The van der Waals surface area contributed by atoms with Gasteiger partial charge in [0.05, 0.1) is 37.3 Å². The van der Waals surface area contributed by atoms with Crippen LogP contribution in [0.3, 0.4) is 0 Å². The van der Waals surface area contributed by atoms with Gasteiger partial charge < -0.3 is 20.5 Å². The van der Waals surface area contributed by atoms with Gasteiger partial charge in [-0.05, 0) is 12.1 Å². The molecule has 1 atom stereocenters. The van der Waals surface area contributed by atoms with Crippen LogP contribution in [0.4, 0.5) is 11.4 Å². The number of rotatable bonds is 5. The van der Waals surface area contributed by atoms with Crippen molar-refractivity contribution in [3.63, 3.8) is 0 Å². The molecule has 1 unspecified atom stereocenters. The number of hydrogen-bond acceptors (Lipinski definition) is 6. The van der Waals surface area contributed by atoms with Crippen molar-refractivity contribution in [2.75, 3.05) is 51.5 Å². The highest BCUT2D eigenvalue weighted by molar-refractivity contribution is 7.89. The first-order valence-electron chi connectivity index (χ1n) is 6.67. The zero-order valence-electron chi connectivity index (χ0n) is 12.2. The lowest BCUT2D eigenvalue weighted by Crippen LogP contribution is -2.34. The highest BCUT2D eigenvalue weighted by Gasteiger charge is 2.22. The molecule has 2 rings (SSSR count). The summed E-state index contributed by atoms with van der Waals surface area (Å²) in [6.45, 7) is 2.20. The van der Waals surface area contributed by atoms with Gasteiger partial charge in [-0.3, -0.25) is 0 Å². The Balaban J connectivity index is 2.14. The number of hydrogen-bond donors (Lipinski definition) is 2. The molecule has 1 heterocycles. The molecule has 21 heavy (non-hydrogen) atoms. The molecule has 1 aliphatic rings. The molecule has 8 heteroatoms. The van der Waals surface area contributed by atoms with Crippen LogP contribution in [0.1, 0.15) is 0 Å². The van der Waals surface area contributed by atoms with E-state index in [-0.39, 0.29) is 16.7 Å². The third-order valence-electron chi connectivity index (χ3n) is 3.23. The van der Waals surface area contributed by atoms with E-state index in [1.54, 1.807) is 12.1 Å². The van der Waals surface area contributed by atoms with Gasteiger partial charge in [0.1, 0.15) is 4.90 Å². The van der Waals surface area contributed by atoms with E-state index in [0.29, 0.717) is 32.1 Å². The first-order valence-corrected chi connectivity index (χ1v) is 8.11. The quantitative estimate of drug-likeness (QED) is 0.761. The predicted molar refractivity (Wildman–Crippen MR) is 80.8 cm³/mol. The fourth-order valence-electron chi connectivity index (χ4n) is 2.00. The lowest BCUT2D eigenvalue weighted by Gasteiger charge is -2.24. The first-order chi connectivity index (χ1) is 9.93. The molecular weight excluding hydrogens is 294 g/mol. The molecule has 0 aromatic heterocycles. The van der Waals surface area contributed by atoms with E-state index in [2.05, 4.69) is 5.32 Å². The van der Waals surface area contributed by atoms with Crippen molar-refractivity contribution in [2.24, 2.45) is 0 Å². The molecule has 1 saturated heterocycles. The highest BCUT2D eigenvalue weighted by atomic mass is 32.2. The molecule has 1 aromatic rings. The third-order valence-corrected chi connectivity index (χ3v) is 5.10. The molecule has 7 nitrogen and oxygen atoms in total. The molecule has 118 valence electrons. The van der Waals surface area contributed by atoms with Crippen molar-refractivity contribution in [1.29, 1.82) is 0 Å². The second-order valence-electron chi connectivity index (χ2n) is 4.95. The maximum atomic E-state index is 12.2. The Hall–Kier alpha value is -1.35. The Morgan fingerprint density at radius 1 is 1.38 bits per heavy atom. The number of ether oxygens (including phenoxy) is 2. The average molecular weight is 315 g/mol. The average Bonchev–Trinajstić information content (AvgIpc) is 2.47. The van der Waals surface area contributed by atoms with Crippen LogP contribution in [0.2, 0.25) is 0 Å². The Labute approximate surface area is 125 Å². The minimum atomic E-state index is -3.56. The summed E-state index contributed by atoms with van der Waals surface area (Å²) in [6, 6.07) is 4.90. The number of nitrogen functional groups attached to an aromatic ring is 1. The molecule has 0 radical (unpaired) electrons. The van der Waals surface area contributed by atoms with Crippen LogP contribution in [0.5, 0.6) is 0 Å². The molecule has 1 aromatic carbocycles. The van der Waals surface area contributed by atoms with Gasteiger partial charge in [0.2, 0.25) is 10.0 Å². The lowest BCUT2D eigenvalue weighted by molar-refractivity contribution is -0.0818. The summed E-state index contributed by atoms with van der Waals surface area (Å²) >= 11 is 0. The fourth-order valence-corrected chi connectivity index (χ4v) is 3.03. The van der Waals surface area contributed by atoms with Gasteiger partial charge in [-0.1, -0.05) is 6.07 Å². The van der Waals surface area contributed by atoms with E-state index in [9.17, 15) is 8.42 Å². The van der Waals surface area contributed by atoms with Crippen molar-refractivity contribution >= 4 is 21.4 Å². The number of anilines is 2. The number of para-hydroxylation sites is 1. The molecule has 0 saturated carbocycles. The summed E-state index contributed by atoms with van der Waals surface area (Å²) in [5.41, 5.74) is 6.77. The molecule has 1 fully saturated rings. The largest absolute Gasteiger partial charge is 0.396 e. The monoisotopic (exact) mass is 315 g/mol. The summed E-state index contributed by atoms with van der Waals surface area (Å²) < 4.78 is 36.3. The minimum Gasteiger partial charge on any atom is -0.396 e. The maximum Gasteiger partial charge on any atom is 0.244 e. The molecule has 0 aliphatic carbocycles. The van der Waals surface area contributed by atoms with Gasteiger partial charge >= 0.3 is 0 Å². The first kappa shape index (κ1) is 16.0. The van der Waals surface area contributed by atoms with Crippen molar-refractivity contribution in [3.05, 3.63) is 18.2 Å². The molecule has 0 spiro atoms. The van der Waals surface area contributed by atoms with Crippen molar-refractivity contribution in [2.45, 2.75) is 11.0 Å². The van der Waals surface area contributed by atoms with E-state index in [0.717, 1.165) is 4.31 Å². The van der Waals surface area contributed by atoms with Gasteiger partial charge in [0.15, 0.2) is 0 Å². The van der Waals surface area contributed by atoms with Gasteiger partial charge in [-0.2, -0.15) is 0 Å². The Morgan fingerprint density at radius 3 is 2.76 bits per heavy atom. The second-order valence-corrected chi connectivity index (χ2v) is 7.07. The summed E-state index contributed by atoms with van der Waals surface area (Å²) in [5, 5.41) is 3.12. The Bertz CT molecular complexity index is 583. The minimum absolute atomic E-state index is 0.0627. The number of nitrogens with two attached hydrogens (primary N) is 1. The summed E-state index contributed by atoms with van der Waals surface area (Å²) in [5.74, 6) is 0. The zero-order valence-corrected chi connectivity index (χ0v) is 13.0. The van der Waals surface area contributed by atoms with Crippen molar-refractivity contribution in [1.82, 2.24) is 4.31 Å². The molecule has 3 N–H and O–H groups in total. The Morgan fingerprint density at radius 2 is 2.14 bits per heavy atom. The molecular formula is C13H21N3O4S. The number of benzene rings is 1. The van der Waals surface area contributed by atoms with Crippen molar-refractivity contribution in [3.8, 4) is 0 Å².